The minimum Gasteiger partial charge on any atom is -0.393 e. The number of hydrogen-bond donors (Lipinski definition) is 3. The molecule has 0 bridgehead atoms. The summed E-state index contributed by atoms with van der Waals surface area (Å²) < 4.78 is 14.7. The molecule has 2 aromatic rings. The number of nitrogens with one attached hydrogen (secondary N) is 2. The van der Waals surface area contributed by atoms with E-state index in [1.165, 1.54) is 48.8 Å². The van der Waals surface area contributed by atoms with E-state index in [9.17, 15) is 29.1 Å². The van der Waals surface area contributed by atoms with Crippen LogP contribution in [0, 0.1) is 70.0 Å². The van der Waals surface area contributed by atoms with Crippen molar-refractivity contribution in [3.63, 3.8) is 0 Å². The van der Waals surface area contributed by atoms with Crippen molar-refractivity contribution in [2.45, 2.75) is 302 Å². The summed E-state index contributed by atoms with van der Waals surface area (Å²) in [5.74, 6) is 7.74. The van der Waals surface area contributed by atoms with E-state index in [4.69, 9.17) is 9.47 Å². The Balaban J connectivity index is 0.000000182. The number of likely N-dealkylation sites (tertiary alicyclic amines) is 2. The maximum absolute atomic E-state index is 12.9. The van der Waals surface area contributed by atoms with Crippen molar-refractivity contribution in [3.05, 3.63) is 117 Å². The molecule has 12 aliphatic rings. The Morgan fingerprint density at radius 2 is 0.990 bits per heavy atom. The van der Waals surface area contributed by atoms with Crippen molar-refractivity contribution in [2.24, 2.45) is 70.0 Å². The molecule has 558 valence electrons. The SMILES string of the molecule is CC1=C2C[C@H]3[C@@H](CC=C4CC(=O)CC[C@@]43C)[C@@H]2CC[C@]12O[C@@H]1C[C@H](C)CN(CCCC(=O)CCCCCNC(=O)CCc3ccccc3)[C@H]1[C@H]2C.CC1=C2C[C@H]3[C@@H](CC=C4C[C@@H](O)CC[C@@]43C)[C@@H]2CC[C@]12O[C@@H]1C[C@H](C)CN(CCCC(=O)CCCCCNC(=O)CCc3ccccc3)[C@H]1[C@H]2C. The average molecular weight is 1400 g/mol. The third-order valence-corrected chi connectivity index (χ3v) is 29.7. The predicted molar refractivity (Wildman–Crippen MR) is 407 cm³/mol. The summed E-state index contributed by atoms with van der Waals surface area (Å²) in [5, 5.41) is 16.5. The maximum atomic E-state index is 12.9. The van der Waals surface area contributed by atoms with Gasteiger partial charge in [0, 0.05) is 101 Å². The van der Waals surface area contributed by atoms with Crippen LogP contribution in [0.1, 0.15) is 259 Å². The van der Waals surface area contributed by atoms with Crippen molar-refractivity contribution < 1.29 is 38.6 Å². The van der Waals surface area contributed by atoms with Gasteiger partial charge in [-0.1, -0.05) is 149 Å². The van der Waals surface area contributed by atoms with E-state index in [1.54, 1.807) is 27.9 Å². The van der Waals surface area contributed by atoms with E-state index in [0.29, 0.717) is 135 Å². The van der Waals surface area contributed by atoms with E-state index in [1.807, 2.05) is 36.4 Å². The van der Waals surface area contributed by atoms with Gasteiger partial charge in [-0.2, -0.15) is 0 Å². The fraction of sp³-hybridized carbons (Fsp3) is 0.722. The zero-order valence-corrected chi connectivity index (χ0v) is 64.2. The van der Waals surface area contributed by atoms with Gasteiger partial charge < -0.3 is 25.2 Å². The fourth-order valence-electron chi connectivity index (χ4n) is 24.2. The molecule has 19 atom stereocenters. The first kappa shape index (κ1) is 75.4. The molecule has 102 heavy (non-hydrogen) atoms. The smallest absolute Gasteiger partial charge is 0.220 e. The number of fused-ring (bicyclic) bond motifs is 12. The number of aliphatic hydroxyl groups is 1. The first-order valence-corrected chi connectivity index (χ1v) is 41.6. The molecule has 2 amide bonds. The number of unbranched alkanes of at least 4 members (excludes halogenated alkanes) is 4. The number of nitrogens with zero attached hydrogens (tertiary/aromatic N) is 2. The van der Waals surface area contributed by atoms with Crippen LogP contribution >= 0.6 is 0 Å². The van der Waals surface area contributed by atoms with Gasteiger partial charge in [-0.3, -0.25) is 33.8 Å². The molecule has 12 nitrogen and oxygen atoms in total. The van der Waals surface area contributed by atoms with Crippen LogP contribution in [0.5, 0.6) is 0 Å². The minimum absolute atomic E-state index is 0.109. The van der Waals surface area contributed by atoms with E-state index in [-0.39, 0.29) is 52.2 Å². The van der Waals surface area contributed by atoms with Crippen molar-refractivity contribution >= 4 is 29.2 Å². The van der Waals surface area contributed by atoms with E-state index < -0.39 is 0 Å². The average Bonchev–Trinajstić information content (AvgIpc) is 1.55. The quantitative estimate of drug-likeness (QED) is 0.0612. The number of rotatable bonds is 26. The lowest BCUT2D eigenvalue weighted by Gasteiger charge is -2.49. The standard InChI is InChI=1S/C45H66N2O4.C45H64N2O4/c2*1-30-26-41-43(47(29-30)25-11-15-35(48)14-9-6-10-24-46-42(50)19-16-33-12-7-5-8-13-33)32(3)45(51-41)23-21-37-38-18-17-34-27-36(49)20-22-44(34,4)40(38)28-39(37)31(45)2/h5,7-8,12-13,17,30,32,36-38,40-41,43,49H,6,9-11,14-16,18-29H2,1-4H3,(H,46,50);5,7-8,12-13,17,30,32,37-38,40-41,43H,6,9-11,14-16,18-29H2,1-4H3,(H,46,50)/t30-,32+,36-,37-,38-,40-,41+,43-,44-,45-;30-,32+,37-,38-,40-,41+,43-,44-,45-/m00/s1. The number of ether oxygens (including phenoxy) is 2. The molecule has 14 rings (SSSR count). The highest BCUT2D eigenvalue weighted by Crippen LogP contribution is 2.67. The number of aryl methyl sites for hydroxylation is 2. The topological polar surface area (TPSA) is 155 Å². The zero-order chi connectivity index (χ0) is 71.5. The molecule has 12 heteroatoms. The molecule has 0 radical (unpaired) electrons. The highest BCUT2D eigenvalue weighted by atomic mass is 16.5. The first-order valence-electron chi connectivity index (χ1n) is 41.6. The lowest BCUT2D eigenvalue weighted by Crippen LogP contribution is -2.52. The van der Waals surface area contributed by atoms with Gasteiger partial charge in [0.25, 0.3) is 0 Å². The molecular formula is C90H130N4O8. The number of amides is 2. The maximum Gasteiger partial charge on any atom is 0.220 e. The molecule has 2 aromatic carbocycles. The normalized spacial score (nSPS) is 36.7. The van der Waals surface area contributed by atoms with Crippen molar-refractivity contribution in [1.82, 2.24) is 20.4 Å². The van der Waals surface area contributed by atoms with E-state index in [2.05, 4.69) is 112 Å². The molecule has 8 aliphatic carbocycles. The molecule has 3 N–H and O–H groups in total. The molecule has 0 unspecified atom stereocenters. The number of carbonyl (C=O) groups excluding carboxylic acids is 5. The Bertz CT molecular complexity index is 3430. The second kappa shape index (κ2) is 32.7. The van der Waals surface area contributed by atoms with Crippen molar-refractivity contribution in [2.75, 3.05) is 39.3 Å². The third kappa shape index (κ3) is 15.8. The Morgan fingerprint density at radius 3 is 1.47 bits per heavy atom. The van der Waals surface area contributed by atoms with Gasteiger partial charge in [0.15, 0.2) is 0 Å². The lowest BCUT2D eigenvalue weighted by atomic mass is 9.56. The molecule has 4 heterocycles. The summed E-state index contributed by atoms with van der Waals surface area (Å²) in [6, 6.07) is 21.1. The Labute approximate surface area is 614 Å². The number of benzene rings is 2. The first-order chi connectivity index (χ1) is 49.2. The van der Waals surface area contributed by atoms with Gasteiger partial charge in [-0.25, -0.2) is 0 Å². The lowest BCUT2D eigenvalue weighted by molar-refractivity contribution is -0.121. The molecule has 4 saturated carbocycles. The van der Waals surface area contributed by atoms with Gasteiger partial charge in [0.2, 0.25) is 11.8 Å². The van der Waals surface area contributed by atoms with Crippen LogP contribution in [-0.4, -0.2) is 125 Å². The number of ketones is 3. The Morgan fingerprint density at radius 1 is 0.539 bits per heavy atom. The van der Waals surface area contributed by atoms with Crippen LogP contribution in [0.25, 0.3) is 0 Å². The van der Waals surface area contributed by atoms with Crippen LogP contribution < -0.4 is 10.6 Å². The van der Waals surface area contributed by atoms with E-state index >= 15 is 0 Å². The Kier molecular flexibility index (Phi) is 24.2. The van der Waals surface area contributed by atoms with Gasteiger partial charge >= 0.3 is 0 Å². The van der Waals surface area contributed by atoms with Crippen LogP contribution in [0.15, 0.2) is 106 Å². The Hall–Kier alpha value is -4.85. The predicted octanol–water partition coefficient (Wildman–Crippen LogP) is 17.0. The number of hydrogen-bond acceptors (Lipinski definition) is 10. The van der Waals surface area contributed by atoms with Crippen molar-refractivity contribution in [1.29, 1.82) is 0 Å². The van der Waals surface area contributed by atoms with Crippen LogP contribution in [-0.2, 0) is 46.3 Å². The summed E-state index contributed by atoms with van der Waals surface area (Å²) in [6.07, 6.45) is 35.4. The summed E-state index contributed by atoms with van der Waals surface area (Å²) >= 11 is 0. The minimum atomic E-state index is -0.159. The number of aliphatic hydroxyl groups excluding tert-OH is 1. The second-order valence-electron chi connectivity index (χ2n) is 35.8. The summed E-state index contributed by atoms with van der Waals surface area (Å²) in [4.78, 5) is 67.9. The summed E-state index contributed by atoms with van der Waals surface area (Å²) in [6.45, 7) is 25.2. The van der Waals surface area contributed by atoms with Crippen LogP contribution in [0.3, 0.4) is 0 Å². The monoisotopic (exact) mass is 1390 g/mol. The molecule has 0 aromatic heterocycles. The van der Waals surface area contributed by atoms with Gasteiger partial charge in [-0.15, -0.1) is 0 Å². The van der Waals surface area contributed by atoms with Gasteiger partial charge in [0.1, 0.15) is 17.3 Å². The molecule has 4 saturated heterocycles. The third-order valence-electron chi connectivity index (χ3n) is 29.7. The van der Waals surface area contributed by atoms with Crippen molar-refractivity contribution in [3.8, 4) is 0 Å². The summed E-state index contributed by atoms with van der Waals surface area (Å²) in [7, 11) is 0. The highest BCUT2D eigenvalue weighted by molar-refractivity contribution is 5.83. The van der Waals surface area contributed by atoms with Crippen LogP contribution in [0.4, 0.5) is 0 Å². The van der Waals surface area contributed by atoms with Gasteiger partial charge in [-0.05, 0) is 249 Å². The molecule has 8 fully saturated rings. The summed E-state index contributed by atoms with van der Waals surface area (Å²) in [5.41, 5.74) is 12.1. The molecule has 4 aliphatic heterocycles. The molecule has 2 spiro atoms. The zero-order valence-electron chi connectivity index (χ0n) is 64.2. The number of carbonyl (C=O) groups is 5. The highest BCUT2D eigenvalue weighted by Gasteiger charge is 2.64. The number of Topliss-reactive ketones (excluding diaryl/α,β-unsaturated/α-hetero) is 3. The van der Waals surface area contributed by atoms with Crippen LogP contribution in [0.2, 0.25) is 0 Å². The number of piperidine rings is 2. The largest absolute Gasteiger partial charge is 0.393 e. The number of allylic oxidation sites excluding steroid dienone is 5. The van der Waals surface area contributed by atoms with E-state index in [0.717, 1.165) is 166 Å². The fourth-order valence-corrected chi connectivity index (χ4v) is 24.2. The second-order valence-corrected chi connectivity index (χ2v) is 35.8. The van der Waals surface area contributed by atoms with Gasteiger partial charge in [0.05, 0.1) is 29.5 Å². The molecular weight excluding hydrogens is 1270 g/mol.